The van der Waals surface area contributed by atoms with Gasteiger partial charge in [0.2, 0.25) is 0 Å². The zero-order chi connectivity index (χ0) is 13.5. The van der Waals surface area contributed by atoms with Gasteiger partial charge in [0.25, 0.3) is 0 Å². The molecule has 19 heavy (non-hydrogen) atoms. The summed E-state index contributed by atoms with van der Waals surface area (Å²) >= 11 is 0. The summed E-state index contributed by atoms with van der Waals surface area (Å²) in [4.78, 5) is 4.55. The van der Waals surface area contributed by atoms with Crippen LogP contribution in [0.2, 0.25) is 0 Å². The largest absolute Gasteiger partial charge is 0.324 e. The lowest BCUT2D eigenvalue weighted by Gasteiger charge is -2.33. The molecule has 0 saturated heterocycles. The van der Waals surface area contributed by atoms with Gasteiger partial charge < -0.3 is 5.73 Å². The summed E-state index contributed by atoms with van der Waals surface area (Å²) in [7, 11) is 0. The number of pyridine rings is 1. The first-order valence-electron chi connectivity index (χ1n) is 6.85. The van der Waals surface area contributed by atoms with Crippen molar-refractivity contribution >= 4 is 16.5 Å². The Morgan fingerprint density at radius 1 is 1.26 bits per heavy atom. The smallest absolute Gasteiger partial charge is 0.0702 e. The number of rotatable bonds is 1. The highest BCUT2D eigenvalue weighted by Gasteiger charge is 2.27. The topological polar surface area (TPSA) is 38.9 Å². The molecular formula is C17H20N2. The van der Waals surface area contributed by atoms with E-state index in [-0.39, 0.29) is 11.5 Å². The van der Waals surface area contributed by atoms with Gasteiger partial charge in [-0.3, -0.25) is 4.98 Å². The maximum Gasteiger partial charge on any atom is 0.0702 e. The van der Waals surface area contributed by atoms with Crippen molar-refractivity contribution in [3.8, 4) is 0 Å². The van der Waals surface area contributed by atoms with Gasteiger partial charge >= 0.3 is 0 Å². The summed E-state index contributed by atoms with van der Waals surface area (Å²) in [5, 5.41) is 1.19. The predicted octanol–water partition coefficient (Wildman–Crippen LogP) is 3.77. The molecule has 2 aromatic rings. The zero-order valence-corrected chi connectivity index (χ0v) is 11.6. The lowest BCUT2D eigenvalue weighted by molar-refractivity contribution is 0.318. The summed E-state index contributed by atoms with van der Waals surface area (Å²) < 4.78 is 0. The quantitative estimate of drug-likeness (QED) is 0.839. The van der Waals surface area contributed by atoms with Crippen LogP contribution in [0.3, 0.4) is 0 Å². The van der Waals surface area contributed by atoms with Crippen molar-refractivity contribution in [1.29, 1.82) is 0 Å². The summed E-state index contributed by atoms with van der Waals surface area (Å²) in [5.74, 6) is 0. The number of nitrogens with two attached hydrogens (primary N) is 1. The van der Waals surface area contributed by atoms with Gasteiger partial charge in [0.15, 0.2) is 0 Å². The molecule has 98 valence electrons. The summed E-state index contributed by atoms with van der Waals surface area (Å²) in [6.45, 7) is 4.57. The summed E-state index contributed by atoms with van der Waals surface area (Å²) in [5.41, 5.74) is 10.0. The molecule has 2 heteroatoms. The normalized spacial score (nSPS) is 22.3. The molecule has 0 aliphatic heterocycles. The van der Waals surface area contributed by atoms with Crippen LogP contribution in [0.4, 0.5) is 0 Å². The van der Waals surface area contributed by atoms with Crippen LogP contribution in [0, 0.1) is 5.41 Å². The molecule has 0 amide bonds. The Bertz CT molecular complexity index is 641. The average molecular weight is 252 g/mol. The molecule has 1 aromatic heterocycles. The molecule has 1 heterocycles. The van der Waals surface area contributed by atoms with E-state index in [2.05, 4.69) is 43.1 Å². The van der Waals surface area contributed by atoms with Crippen LogP contribution in [0.5, 0.6) is 0 Å². The number of aromatic nitrogens is 1. The first-order valence-corrected chi connectivity index (χ1v) is 6.85. The molecule has 1 aliphatic carbocycles. The molecule has 1 aromatic carbocycles. The lowest BCUT2D eigenvalue weighted by atomic mass is 9.74. The van der Waals surface area contributed by atoms with Crippen molar-refractivity contribution in [2.75, 3.05) is 0 Å². The monoisotopic (exact) mass is 252 g/mol. The third-order valence-corrected chi connectivity index (χ3v) is 3.83. The van der Waals surface area contributed by atoms with Gasteiger partial charge in [0, 0.05) is 17.6 Å². The second kappa shape index (κ2) is 4.46. The lowest BCUT2D eigenvalue weighted by Crippen LogP contribution is -2.30. The molecule has 1 unspecified atom stereocenters. The van der Waals surface area contributed by atoms with Gasteiger partial charge in [-0.05, 0) is 41.5 Å². The van der Waals surface area contributed by atoms with Gasteiger partial charge in [-0.1, -0.05) is 38.1 Å². The molecular weight excluding hydrogens is 232 g/mol. The van der Waals surface area contributed by atoms with Crippen molar-refractivity contribution in [2.24, 2.45) is 11.1 Å². The molecule has 2 nitrogen and oxygen atoms in total. The molecule has 1 atom stereocenters. The van der Waals surface area contributed by atoms with Gasteiger partial charge in [-0.25, -0.2) is 0 Å². The molecule has 0 spiro atoms. The van der Waals surface area contributed by atoms with Crippen LogP contribution in [-0.2, 0) is 0 Å². The standard InChI is InChI=1S/C17H20N2/c1-17(2)9-13(8-15(18)10-17)14-7-12-5-3-4-6-16(12)19-11-14/h3-8,11,15H,9-10,18H2,1-2H3. The first-order chi connectivity index (χ1) is 9.03. The van der Waals surface area contributed by atoms with Crippen molar-refractivity contribution in [2.45, 2.75) is 32.7 Å². The number of nitrogens with zero attached hydrogens (tertiary/aromatic N) is 1. The van der Waals surface area contributed by atoms with Gasteiger partial charge in [0.05, 0.1) is 5.52 Å². The second-order valence-electron chi connectivity index (χ2n) is 6.32. The Morgan fingerprint density at radius 3 is 2.84 bits per heavy atom. The Kier molecular flexibility index (Phi) is 2.90. The second-order valence-corrected chi connectivity index (χ2v) is 6.32. The minimum Gasteiger partial charge on any atom is -0.324 e. The van der Waals surface area contributed by atoms with Crippen molar-refractivity contribution in [3.63, 3.8) is 0 Å². The Hall–Kier alpha value is -1.67. The number of allylic oxidation sites excluding steroid dienone is 1. The summed E-state index contributed by atoms with van der Waals surface area (Å²) in [6, 6.07) is 10.6. The van der Waals surface area contributed by atoms with E-state index in [0.29, 0.717) is 0 Å². The average Bonchev–Trinajstić information content (AvgIpc) is 2.36. The van der Waals surface area contributed by atoms with Gasteiger partial charge in [-0.15, -0.1) is 0 Å². The number of para-hydroxylation sites is 1. The van der Waals surface area contributed by atoms with E-state index in [1.54, 1.807) is 0 Å². The molecule has 0 saturated carbocycles. The highest BCUT2D eigenvalue weighted by molar-refractivity contribution is 5.82. The molecule has 0 bridgehead atoms. The number of benzene rings is 1. The Balaban J connectivity index is 2.04. The number of hydrogen-bond acceptors (Lipinski definition) is 2. The highest BCUT2D eigenvalue weighted by Crippen LogP contribution is 2.39. The SMILES string of the molecule is CC1(C)CC(c2cnc3ccccc3c2)=CC(N)C1. The fraction of sp³-hybridized carbons (Fsp3) is 0.353. The van der Waals surface area contributed by atoms with Crippen molar-refractivity contribution in [1.82, 2.24) is 4.98 Å². The van der Waals surface area contributed by atoms with E-state index in [0.717, 1.165) is 18.4 Å². The van der Waals surface area contributed by atoms with Crippen LogP contribution in [0.1, 0.15) is 32.3 Å². The maximum absolute atomic E-state index is 6.15. The van der Waals surface area contributed by atoms with E-state index in [1.165, 1.54) is 16.5 Å². The Labute approximate surface area is 114 Å². The van der Waals surface area contributed by atoms with Gasteiger partial charge in [0.1, 0.15) is 0 Å². The van der Waals surface area contributed by atoms with E-state index >= 15 is 0 Å². The number of hydrogen-bond donors (Lipinski definition) is 1. The predicted molar refractivity (Wildman–Crippen MR) is 80.7 cm³/mol. The van der Waals surface area contributed by atoms with Crippen LogP contribution in [0.15, 0.2) is 42.6 Å². The van der Waals surface area contributed by atoms with E-state index < -0.39 is 0 Å². The maximum atomic E-state index is 6.15. The third kappa shape index (κ3) is 2.54. The van der Waals surface area contributed by atoms with Crippen LogP contribution in [-0.4, -0.2) is 11.0 Å². The van der Waals surface area contributed by atoms with E-state index in [1.807, 2.05) is 18.3 Å². The zero-order valence-electron chi connectivity index (χ0n) is 11.6. The first kappa shape index (κ1) is 12.4. The molecule has 2 N–H and O–H groups in total. The van der Waals surface area contributed by atoms with E-state index in [4.69, 9.17) is 5.73 Å². The fourth-order valence-electron chi connectivity index (χ4n) is 3.05. The molecule has 1 aliphatic rings. The number of fused-ring (bicyclic) bond motifs is 1. The minimum atomic E-state index is 0.158. The highest BCUT2D eigenvalue weighted by atomic mass is 14.7. The van der Waals surface area contributed by atoms with Crippen molar-refractivity contribution < 1.29 is 0 Å². The van der Waals surface area contributed by atoms with Crippen LogP contribution >= 0.6 is 0 Å². The molecule has 0 fully saturated rings. The molecule has 0 radical (unpaired) electrons. The minimum absolute atomic E-state index is 0.158. The van der Waals surface area contributed by atoms with E-state index in [9.17, 15) is 0 Å². The molecule has 3 rings (SSSR count). The Morgan fingerprint density at radius 2 is 2.05 bits per heavy atom. The van der Waals surface area contributed by atoms with Crippen LogP contribution in [0.25, 0.3) is 16.5 Å². The fourth-order valence-corrected chi connectivity index (χ4v) is 3.05. The van der Waals surface area contributed by atoms with Gasteiger partial charge in [-0.2, -0.15) is 0 Å². The van der Waals surface area contributed by atoms with Crippen molar-refractivity contribution in [3.05, 3.63) is 48.2 Å². The summed E-state index contributed by atoms with van der Waals surface area (Å²) in [6.07, 6.45) is 6.30. The van der Waals surface area contributed by atoms with Crippen LogP contribution < -0.4 is 5.73 Å². The third-order valence-electron chi connectivity index (χ3n) is 3.83.